The van der Waals surface area contributed by atoms with E-state index < -0.39 is 0 Å². The van der Waals surface area contributed by atoms with E-state index in [0.717, 1.165) is 0 Å². The van der Waals surface area contributed by atoms with Gasteiger partial charge in [-0.1, -0.05) is 26.0 Å². The molecule has 5 heteroatoms. The molecule has 0 radical (unpaired) electrons. The number of hydrogen-bond donors (Lipinski definition) is 2. The van der Waals surface area contributed by atoms with E-state index in [0.29, 0.717) is 11.6 Å². The molecule has 0 saturated carbocycles. The van der Waals surface area contributed by atoms with Gasteiger partial charge >= 0.3 is 0 Å². The number of hydrogen-bond acceptors (Lipinski definition) is 3. The molecule has 0 bridgehead atoms. The van der Waals surface area contributed by atoms with Gasteiger partial charge in [-0.3, -0.25) is 9.59 Å². The molecule has 2 N–H and O–H groups in total. The van der Waals surface area contributed by atoms with Crippen LogP contribution in [0.1, 0.15) is 35.8 Å². The molecule has 5 nitrogen and oxygen atoms in total. The minimum Gasteiger partial charge on any atom is -0.321 e. The summed E-state index contributed by atoms with van der Waals surface area (Å²) >= 11 is 0. The second-order valence-corrected chi connectivity index (χ2v) is 4.54. The first kappa shape index (κ1) is 13.0. The standard InChI is InChI=1S/C14H15N3O2/c1-9(2)10-3-5-11(6-4-10)15-14(19)12-7-8-13(18)17-16-12/h3-9H,1-2H3,(H,15,19)(H,17,18). The topological polar surface area (TPSA) is 74.8 Å². The summed E-state index contributed by atoms with van der Waals surface area (Å²) < 4.78 is 0. The van der Waals surface area contributed by atoms with Gasteiger partial charge in [-0.15, -0.1) is 0 Å². The Bertz CT molecular complexity index is 609. The van der Waals surface area contributed by atoms with Crippen LogP contribution in [0, 0.1) is 0 Å². The van der Waals surface area contributed by atoms with E-state index in [-0.39, 0.29) is 17.2 Å². The number of nitrogens with one attached hydrogen (secondary N) is 2. The molecule has 1 aromatic heterocycles. The zero-order valence-electron chi connectivity index (χ0n) is 10.8. The van der Waals surface area contributed by atoms with Gasteiger partial charge in [0.25, 0.3) is 11.5 Å². The van der Waals surface area contributed by atoms with Crippen LogP contribution >= 0.6 is 0 Å². The number of carbonyl (C=O) groups excluding carboxylic acids is 1. The number of H-pyrrole nitrogens is 1. The van der Waals surface area contributed by atoms with Crippen molar-refractivity contribution in [1.29, 1.82) is 0 Å². The minimum absolute atomic E-state index is 0.174. The quantitative estimate of drug-likeness (QED) is 0.884. The molecular formula is C14H15N3O2. The summed E-state index contributed by atoms with van der Waals surface area (Å²) in [5.74, 6) is 0.0964. The number of nitrogens with zero attached hydrogens (tertiary/aromatic N) is 1. The minimum atomic E-state index is -0.353. The van der Waals surface area contributed by atoms with E-state index in [2.05, 4.69) is 29.4 Å². The van der Waals surface area contributed by atoms with Gasteiger partial charge in [-0.2, -0.15) is 5.10 Å². The van der Waals surface area contributed by atoms with Gasteiger partial charge in [0.1, 0.15) is 5.69 Å². The van der Waals surface area contributed by atoms with Crippen molar-refractivity contribution in [2.75, 3.05) is 5.32 Å². The van der Waals surface area contributed by atoms with E-state index in [9.17, 15) is 9.59 Å². The molecule has 2 aromatic rings. The largest absolute Gasteiger partial charge is 0.321 e. The van der Waals surface area contributed by atoms with Gasteiger partial charge in [-0.05, 0) is 29.7 Å². The molecular weight excluding hydrogens is 242 g/mol. The van der Waals surface area contributed by atoms with Crippen LogP contribution in [0.4, 0.5) is 5.69 Å². The summed E-state index contributed by atoms with van der Waals surface area (Å²) in [6, 6.07) is 10.3. The van der Waals surface area contributed by atoms with Gasteiger partial charge in [-0.25, -0.2) is 5.10 Å². The third kappa shape index (κ3) is 3.28. The highest BCUT2D eigenvalue weighted by Gasteiger charge is 2.08. The van der Waals surface area contributed by atoms with Crippen LogP contribution in [0.15, 0.2) is 41.2 Å². The Balaban J connectivity index is 2.10. The van der Waals surface area contributed by atoms with Crippen molar-refractivity contribution in [3.8, 4) is 0 Å². The fraction of sp³-hybridized carbons (Fsp3) is 0.214. The molecule has 1 amide bonds. The van der Waals surface area contributed by atoms with Crippen LogP contribution < -0.4 is 10.9 Å². The SMILES string of the molecule is CC(C)c1ccc(NC(=O)c2ccc(=O)[nH]n2)cc1. The number of aromatic nitrogens is 2. The maximum Gasteiger partial charge on any atom is 0.276 e. The Morgan fingerprint density at radius 2 is 1.84 bits per heavy atom. The maximum absolute atomic E-state index is 11.8. The zero-order chi connectivity index (χ0) is 13.8. The summed E-state index contributed by atoms with van der Waals surface area (Å²) in [7, 11) is 0. The van der Waals surface area contributed by atoms with Crippen molar-refractivity contribution in [3.63, 3.8) is 0 Å². The smallest absolute Gasteiger partial charge is 0.276 e. The second kappa shape index (κ2) is 5.48. The lowest BCUT2D eigenvalue weighted by Crippen LogP contribution is -2.17. The predicted molar refractivity (Wildman–Crippen MR) is 73.3 cm³/mol. The molecule has 0 aliphatic heterocycles. The van der Waals surface area contributed by atoms with Gasteiger partial charge < -0.3 is 5.32 Å². The van der Waals surface area contributed by atoms with Crippen LogP contribution in [0.5, 0.6) is 0 Å². The Labute approximate surface area is 110 Å². The average Bonchev–Trinajstić information content (AvgIpc) is 2.40. The van der Waals surface area contributed by atoms with Crippen molar-refractivity contribution in [2.24, 2.45) is 0 Å². The summed E-state index contributed by atoms with van der Waals surface area (Å²) in [4.78, 5) is 22.7. The summed E-state index contributed by atoms with van der Waals surface area (Å²) in [6.45, 7) is 4.22. The monoisotopic (exact) mass is 257 g/mol. The van der Waals surface area contributed by atoms with Crippen LogP contribution in [-0.2, 0) is 0 Å². The Morgan fingerprint density at radius 3 is 2.37 bits per heavy atom. The van der Waals surface area contributed by atoms with Gasteiger partial charge in [0, 0.05) is 11.8 Å². The number of carbonyl (C=O) groups is 1. The summed E-state index contributed by atoms with van der Waals surface area (Å²) in [6.07, 6.45) is 0. The Morgan fingerprint density at radius 1 is 1.16 bits per heavy atom. The lowest BCUT2D eigenvalue weighted by atomic mass is 10.0. The molecule has 0 aliphatic carbocycles. The molecule has 1 aromatic carbocycles. The average molecular weight is 257 g/mol. The van der Waals surface area contributed by atoms with Crippen LogP contribution in [0.2, 0.25) is 0 Å². The molecule has 0 unspecified atom stereocenters. The molecule has 0 fully saturated rings. The molecule has 0 aliphatic rings. The molecule has 0 saturated heterocycles. The number of aromatic amines is 1. The van der Waals surface area contributed by atoms with Gasteiger partial charge in [0.05, 0.1) is 0 Å². The van der Waals surface area contributed by atoms with Crippen molar-refractivity contribution < 1.29 is 4.79 Å². The fourth-order valence-electron chi connectivity index (χ4n) is 1.62. The fourth-order valence-corrected chi connectivity index (χ4v) is 1.62. The first-order chi connectivity index (χ1) is 9.06. The third-order valence-corrected chi connectivity index (χ3v) is 2.75. The summed E-state index contributed by atoms with van der Waals surface area (Å²) in [5, 5.41) is 8.62. The van der Waals surface area contributed by atoms with Crippen molar-refractivity contribution in [1.82, 2.24) is 10.2 Å². The number of benzene rings is 1. The first-order valence-corrected chi connectivity index (χ1v) is 6.03. The van der Waals surface area contributed by atoms with E-state index in [4.69, 9.17) is 0 Å². The number of rotatable bonds is 3. The van der Waals surface area contributed by atoms with Crippen molar-refractivity contribution >= 4 is 11.6 Å². The van der Waals surface area contributed by atoms with Crippen LogP contribution in [0.3, 0.4) is 0 Å². The van der Waals surface area contributed by atoms with Gasteiger partial charge in [0.15, 0.2) is 0 Å². The zero-order valence-corrected chi connectivity index (χ0v) is 10.8. The summed E-state index contributed by atoms with van der Waals surface area (Å²) in [5.41, 5.74) is 1.74. The molecule has 1 heterocycles. The lowest BCUT2D eigenvalue weighted by Gasteiger charge is -2.07. The predicted octanol–water partition coefficient (Wildman–Crippen LogP) is 2.15. The second-order valence-electron chi connectivity index (χ2n) is 4.54. The van der Waals surface area contributed by atoms with E-state index in [1.165, 1.54) is 17.7 Å². The first-order valence-electron chi connectivity index (χ1n) is 6.03. The Kier molecular flexibility index (Phi) is 3.75. The molecule has 98 valence electrons. The molecule has 0 spiro atoms. The Hall–Kier alpha value is -2.43. The number of anilines is 1. The van der Waals surface area contributed by atoms with Crippen molar-refractivity contribution in [2.45, 2.75) is 19.8 Å². The van der Waals surface area contributed by atoms with Gasteiger partial charge in [0.2, 0.25) is 0 Å². The van der Waals surface area contributed by atoms with Crippen LogP contribution in [-0.4, -0.2) is 16.1 Å². The van der Waals surface area contributed by atoms with E-state index >= 15 is 0 Å². The highest BCUT2D eigenvalue weighted by atomic mass is 16.2. The lowest BCUT2D eigenvalue weighted by molar-refractivity contribution is 0.102. The highest BCUT2D eigenvalue weighted by Crippen LogP contribution is 2.17. The van der Waals surface area contributed by atoms with Crippen molar-refractivity contribution in [3.05, 3.63) is 58.0 Å². The molecule has 0 atom stereocenters. The van der Waals surface area contributed by atoms with E-state index in [1.54, 1.807) is 0 Å². The maximum atomic E-state index is 11.8. The normalized spacial score (nSPS) is 10.5. The highest BCUT2D eigenvalue weighted by molar-refractivity contribution is 6.02. The molecule has 19 heavy (non-hydrogen) atoms. The molecule has 2 rings (SSSR count). The van der Waals surface area contributed by atoms with E-state index in [1.807, 2.05) is 24.3 Å². The van der Waals surface area contributed by atoms with Crippen LogP contribution in [0.25, 0.3) is 0 Å². The number of amides is 1. The third-order valence-electron chi connectivity index (χ3n) is 2.75.